The molecule has 0 spiro atoms. The van der Waals surface area contributed by atoms with Gasteiger partial charge in [-0.15, -0.1) is 0 Å². The van der Waals surface area contributed by atoms with Crippen LogP contribution in [-0.4, -0.2) is 41.3 Å². The predicted octanol–water partition coefficient (Wildman–Crippen LogP) is 3.11. The van der Waals surface area contributed by atoms with Gasteiger partial charge in [0.05, 0.1) is 18.4 Å². The molecule has 1 heterocycles. The molecule has 7 heteroatoms. The lowest BCUT2D eigenvalue weighted by atomic mass is 10.1. The highest BCUT2D eigenvalue weighted by Crippen LogP contribution is 2.27. The molecule has 3 rings (SSSR count). The van der Waals surface area contributed by atoms with Gasteiger partial charge in [0.15, 0.2) is 0 Å². The smallest absolute Gasteiger partial charge is 0.255 e. The van der Waals surface area contributed by atoms with Crippen molar-refractivity contribution in [2.75, 3.05) is 13.7 Å². The van der Waals surface area contributed by atoms with E-state index in [1.807, 2.05) is 62.4 Å². The van der Waals surface area contributed by atoms with Crippen molar-refractivity contribution in [3.63, 3.8) is 0 Å². The molecule has 0 saturated carbocycles. The van der Waals surface area contributed by atoms with Crippen LogP contribution in [0.25, 0.3) is 16.9 Å². The van der Waals surface area contributed by atoms with E-state index in [9.17, 15) is 9.59 Å². The van der Waals surface area contributed by atoms with Gasteiger partial charge in [-0.1, -0.05) is 29.8 Å². The number of ether oxygens (including phenoxy) is 1. The summed E-state index contributed by atoms with van der Waals surface area (Å²) in [6.07, 6.45) is 1.68. The monoisotopic (exact) mass is 406 g/mol. The first-order chi connectivity index (χ1) is 14.4. The van der Waals surface area contributed by atoms with E-state index >= 15 is 0 Å². The Morgan fingerprint density at radius 1 is 1.17 bits per heavy atom. The molecule has 0 fully saturated rings. The molecule has 2 aromatic carbocycles. The van der Waals surface area contributed by atoms with E-state index in [0.29, 0.717) is 23.6 Å². The first kappa shape index (κ1) is 21.1. The van der Waals surface area contributed by atoms with Gasteiger partial charge in [0, 0.05) is 18.3 Å². The molecule has 2 amide bonds. The quantitative estimate of drug-likeness (QED) is 0.631. The Balaban J connectivity index is 2.01. The summed E-state index contributed by atoms with van der Waals surface area (Å²) < 4.78 is 6.98. The van der Waals surface area contributed by atoms with E-state index in [1.165, 1.54) is 0 Å². The standard InChI is InChI=1S/C23H26N4O3/c1-5-24-22(28)16(3)25-23(29)20-14-27(18-11-9-15(2)10-12-18)26-21(20)17-7-6-8-19(13-17)30-4/h6-14,16H,5H2,1-4H3,(H,24,28)(H,25,29)/t16-/m0/s1. The highest BCUT2D eigenvalue weighted by Gasteiger charge is 2.22. The van der Waals surface area contributed by atoms with Crippen LogP contribution in [0, 0.1) is 6.92 Å². The fourth-order valence-electron chi connectivity index (χ4n) is 3.02. The fraction of sp³-hybridized carbons (Fsp3) is 0.261. The molecule has 0 unspecified atom stereocenters. The van der Waals surface area contributed by atoms with Gasteiger partial charge in [-0.25, -0.2) is 4.68 Å². The summed E-state index contributed by atoms with van der Waals surface area (Å²) in [4.78, 5) is 25.1. The number of benzene rings is 2. The minimum Gasteiger partial charge on any atom is -0.497 e. The SMILES string of the molecule is CCNC(=O)[C@H](C)NC(=O)c1cn(-c2ccc(C)cc2)nc1-c1cccc(OC)c1. The maximum Gasteiger partial charge on any atom is 0.255 e. The number of methoxy groups -OCH3 is 1. The molecule has 0 bridgehead atoms. The third-order valence-corrected chi connectivity index (χ3v) is 4.69. The minimum absolute atomic E-state index is 0.236. The molecular weight excluding hydrogens is 380 g/mol. The van der Waals surface area contributed by atoms with Crippen LogP contribution in [0.15, 0.2) is 54.7 Å². The number of hydrogen-bond acceptors (Lipinski definition) is 4. The number of nitrogens with one attached hydrogen (secondary N) is 2. The summed E-state index contributed by atoms with van der Waals surface area (Å²) in [5, 5.41) is 10.1. The number of hydrogen-bond donors (Lipinski definition) is 2. The van der Waals surface area contributed by atoms with Crippen LogP contribution in [0.5, 0.6) is 5.75 Å². The van der Waals surface area contributed by atoms with Gasteiger partial charge in [-0.3, -0.25) is 9.59 Å². The van der Waals surface area contributed by atoms with Gasteiger partial charge in [-0.2, -0.15) is 5.10 Å². The Labute approximate surface area is 176 Å². The molecule has 2 N–H and O–H groups in total. The summed E-state index contributed by atoms with van der Waals surface area (Å²) in [6, 6.07) is 14.6. The Hall–Kier alpha value is -3.61. The molecular formula is C23H26N4O3. The number of likely N-dealkylation sites (N-methyl/N-ethyl adjacent to an activating group) is 1. The lowest BCUT2D eigenvalue weighted by Gasteiger charge is -2.13. The first-order valence-electron chi connectivity index (χ1n) is 9.82. The van der Waals surface area contributed by atoms with E-state index in [0.717, 1.165) is 16.8 Å². The molecule has 0 aliphatic carbocycles. The number of carbonyl (C=O) groups is 2. The zero-order valence-electron chi connectivity index (χ0n) is 17.6. The molecule has 0 aliphatic heterocycles. The van der Waals surface area contributed by atoms with Crippen LogP contribution in [0.3, 0.4) is 0 Å². The minimum atomic E-state index is -0.668. The lowest BCUT2D eigenvalue weighted by molar-refractivity contribution is -0.122. The highest BCUT2D eigenvalue weighted by atomic mass is 16.5. The van der Waals surface area contributed by atoms with Gasteiger partial charge in [0.1, 0.15) is 17.5 Å². The second-order valence-corrected chi connectivity index (χ2v) is 6.99. The Kier molecular flexibility index (Phi) is 6.51. The summed E-state index contributed by atoms with van der Waals surface area (Å²) in [6.45, 7) is 5.99. The van der Waals surface area contributed by atoms with Crippen molar-refractivity contribution in [2.24, 2.45) is 0 Å². The van der Waals surface area contributed by atoms with E-state index in [2.05, 4.69) is 15.7 Å². The van der Waals surface area contributed by atoms with Crippen LogP contribution >= 0.6 is 0 Å². The first-order valence-corrected chi connectivity index (χ1v) is 9.82. The van der Waals surface area contributed by atoms with Crippen molar-refractivity contribution < 1.29 is 14.3 Å². The van der Waals surface area contributed by atoms with Crippen LogP contribution in [0.4, 0.5) is 0 Å². The van der Waals surface area contributed by atoms with Gasteiger partial charge < -0.3 is 15.4 Å². The average molecular weight is 406 g/mol. The number of nitrogens with zero attached hydrogens (tertiary/aromatic N) is 2. The zero-order valence-corrected chi connectivity index (χ0v) is 17.6. The predicted molar refractivity (Wildman–Crippen MR) is 116 cm³/mol. The second-order valence-electron chi connectivity index (χ2n) is 6.99. The average Bonchev–Trinajstić information content (AvgIpc) is 3.20. The molecule has 0 radical (unpaired) electrons. The third kappa shape index (κ3) is 4.68. The normalized spacial score (nSPS) is 11.6. The largest absolute Gasteiger partial charge is 0.497 e. The van der Waals surface area contributed by atoms with Crippen molar-refractivity contribution in [3.8, 4) is 22.7 Å². The summed E-state index contributed by atoms with van der Waals surface area (Å²) in [5.74, 6) is 0.0593. The molecule has 3 aromatic rings. The summed E-state index contributed by atoms with van der Waals surface area (Å²) in [7, 11) is 1.59. The molecule has 7 nitrogen and oxygen atoms in total. The van der Waals surface area contributed by atoms with Crippen LogP contribution < -0.4 is 15.4 Å². The van der Waals surface area contributed by atoms with Crippen molar-refractivity contribution in [1.82, 2.24) is 20.4 Å². The van der Waals surface area contributed by atoms with Crippen LogP contribution in [-0.2, 0) is 4.79 Å². The molecule has 30 heavy (non-hydrogen) atoms. The van der Waals surface area contributed by atoms with Crippen molar-refractivity contribution >= 4 is 11.8 Å². The molecule has 1 atom stereocenters. The Morgan fingerprint density at radius 2 is 1.90 bits per heavy atom. The third-order valence-electron chi connectivity index (χ3n) is 4.69. The zero-order chi connectivity index (χ0) is 21.7. The second kappa shape index (κ2) is 9.26. The molecule has 156 valence electrons. The van der Waals surface area contributed by atoms with E-state index in [4.69, 9.17) is 4.74 Å². The van der Waals surface area contributed by atoms with E-state index < -0.39 is 6.04 Å². The number of aromatic nitrogens is 2. The number of amides is 2. The van der Waals surface area contributed by atoms with Crippen molar-refractivity contribution in [2.45, 2.75) is 26.8 Å². The number of rotatable bonds is 7. The molecule has 0 saturated heterocycles. The fourth-order valence-corrected chi connectivity index (χ4v) is 3.02. The highest BCUT2D eigenvalue weighted by molar-refractivity contribution is 6.02. The Morgan fingerprint density at radius 3 is 2.57 bits per heavy atom. The van der Waals surface area contributed by atoms with Crippen LogP contribution in [0.2, 0.25) is 0 Å². The summed E-state index contributed by atoms with van der Waals surface area (Å²) >= 11 is 0. The van der Waals surface area contributed by atoms with Crippen molar-refractivity contribution in [1.29, 1.82) is 0 Å². The van der Waals surface area contributed by atoms with Gasteiger partial charge in [0.25, 0.3) is 5.91 Å². The topological polar surface area (TPSA) is 85.3 Å². The van der Waals surface area contributed by atoms with E-state index in [1.54, 1.807) is 24.9 Å². The van der Waals surface area contributed by atoms with E-state index in [-0.39, 0.29) is 11.8 Å². The molecule has 1 aromatic heterocycles. The maximum atomic E-state index is 13.0. The van der Waals surface area contributed by atoms with Gasteiger partial charge in [0.2, 0.25) is 5.91 Å². The van der Waals surface area contributed by atoms with Gasteiger partial charge in [-0.05, 0) is 45.0 Å². The number of carbonyl (C=O) groups excluding carboxylic acids is 2. The lowest BCUT2D eigenvalue weighted by Crippen LogP contribution is -2.44. The summed E-state index contributed by atoms with van der Waals surface area (Å²) in [5.41, 5.74) is 3.60. The molecule has 0 aliphatic rings. The maximum absolute atomic E-state index is 13.0. The Bertz CT molecular complexity index is 1040. The van der Waals surface area contributed by atoms with Gasteiger partial charge >= 0.3 is 0 Å². The van der Waals surface area contributed by atoms with Crippen molar-refractivity contribution in [3.05, 3.63) is 65.9 Å². The van der Waals surface area contributed by atoms with Crippen LogP contribution in [0.1, 0.15) is 29.8 Å². The number of aryl methyl sites for hydroxylation is 1.